The number of nitrogens with zero attached hydrogens (tertiary/aromatic N) is 1. The molecule has 1 fully saturated rings. The summed E-state index contributed by atoms with van der Waals surface area (Å²) < 4.78 is 13.3. The third kappa shape index (κ3) is 1.74. The van der Waals surface area contributed by atoms with Crippen molar-refractivity contribution in [2.45, 2.75) is 18.9 Å². The Kier molecular flexibility index (Phi) is 2.65. The van der Waals surface area contributed by atoms with Crippen molar-refractivity contribution in [3.8, 4) is 0 Å². The lowest BCUT2D eigenvalue weighted by atomic mass is 10.1. The molecular formula is C13H17FN2. The second-order valence-electron chi connectivity index (χ2n) is 4.68. The Morgan fingerprint density at radius 2 is 2.06 bits per heavy atom. The molecule has 3 heteroatoms. The molecule has 2 aliphatic rings. The smallest absolute Gasteiger partial charge is 0.123 e. The lowest BCUT2D eigenvalue weighted by Crippen LogP contribution is -2.44. The van der Waals surface area contributed by atoms with Crippen LogP contribution in [-0.4, -0.2) is 31.1 Å². The van der Waals surface area contributed by atoms with Crippen LogP contribution in [0.2, 0.25) is 0 Å². The number of nitrogens with one attached hydrogen (secondary N) is 1. The van der Waals surface area contributed by atoms with Gasteiger partial charge in [0.1, 0.15) is 5.82 Å². The van der Waals surface area contributed by atoms with E-state index in [9.17, 15) is 4.39 Å². The average molecular weight is 220 g/mol. The van der Waals surface area contributed by atoms with Gasteiger partial charge >= 0.3 is 0 Å². The zero-order valence-electron chi connectivity index (χ0n) is 9.38. The minimum Gasteiger partial charge on any atom is -0.314 e. The average Bonchev–Trinajstić information content (AvgIpc) is 2.73. The molecule has 0 bridgehead atoms. The number of hydrogen-bond acceptors (Lipinski definition) is 2. The summed E-state index contributed by atoms with van der Waals surface area (Å²) in [5, 5.41) is 3.36. The van der Waals surface area contributed by atoms with Gasteiger partial charge < -0.3 is 5.32 Å². The normalized spacial score (nSPS) is 25.7. The Morgan fingerprint density at radius 1 is 1.25 bits per heavy atom. The number of benzene rings is 1. The molecule has 0 unspecified atom stereocenters. The summed E-state index contributed by atoms with van der Waals surface area (Å²) >= 11 is 0. The van der Waals surface area contributed by atoms with Gasteiger partial charge in [-0.05, 0) is 36.1 Å². The first-order chi connectivity index (χ1) is 7.84. The fourth-order valence-corrected chi connectivity index (χ4v) is 2.92. The molecule has 16 heavy (non-hydrogen) atoms. The Bertz CT molecular complexity index is 386. The maximum absolute atomic E-state index is 13.3. The van der Waals surface area contributed by atoms with Crippen LogP contribution in [0.5, 0.6) is 0 Å². The molecule has 0 saturated carbocycles. The van der Waals surface area contributed by atoms with E-state index in [1.165, 1.54) is 11.1 Å². The summed E-state index contributed by atoms with van der Waals surface area (Å²) in [6.07, 6.45) is 2.25. The van der Waals surface area contributed by atoms with E-state index in [1.807, 2.05) is 6.07 Å². The van der Waals surface area contributed by atoms with Crippen molar-refractivity contribution in [2.75, 3.05) is 26.2 Å². The largest absolute Gasteiger partial charge is 0.314 e. The lowest BCUT2D eigenvalue weighted by molar-refractivity contribution is 0.173. The zero-order valence-corrected chi connectivity index (χ0v) is 9.38. The third-order valence-corrected chi connectivity index (χ3v) is 3.75. The highest BCUT2D eigenvalue weighted by atomic mass is 19.1. The highest BCUT2D eigenvalue weighted by Gasteiger charge is 2.28. The summed E-state index contributed by atoms with van der Waals surface area (Å²) in [4.78, 5) is 2.49. The highest BCUT2D eigenvalue weighted by molar-refractivity contribution is 5.35. The molecule has 1 aromatic rings. The first-order valence-electron chi connectivity index (χ1n) is 6.08. The van der Waals surface area contributed by atoms with E-state index in [-0.39, 0.29) is 5.82 Å². The van der Waals surface area contributed by atoms with Gasteiger partial charge in [0.15, 0.2) is 0 Å². The zero-order chi connectivity index (χ0) is 11.0. The molecule has 1 saturated heterocycles. The molecule has 1 atom stereocenters. The maximum atomic E-state index is 13.3. The summed E-state index contributed by atoms with van der Waals surface area (Å²) in [7, 11) is 0. The van der Waals surface area contributed by atoms with Crippen LogP contribution < -0.4 is 5.32 Å². The Balaban J connectivity index is 1.86. The van der Waals surface area contributed by atoms with Crippen LogP contribution in [0.1, 0.15) is 23.6 Å². The SMILES string of the molecule is Fc1ccc2c(c1)[C@H](N1CCNCC1)CC2. The molecule has 1 heterocycles. The van der Waals surface area contributed by atoms with Crippen LogP contribution in [0.3, 0.4) is 0 Å². The van der Waals surface area contributed by atoms with Gasteiger partial charge in [0.05, 0.1) is 0 Å². The van der Waals surface area contributed by atoms with E-state index >= 15 is 0 Å². The molecule has 1 aliphatic carbocycles. The molecule has 0 radical (unpaired) electrons. The van der Waals surface area contributed by atoms with Gasteiger partial charge in [-0.1, -0.05) is 6.07 Å². The van der Waals surface area contributed by atoms with Crippen LogP contribution in [0.25, 0.3) is 0 Å². The predicted molar refractivity (Wildman–Crippen MR) is 61.9 cm³/mol. The maximum Gasteiger partial charge on any atom is 0.123 e. The second-order valence-corrected chi connectivity index (χ2v) is 4.68. The van der Waals surface area contributed by atoms with Crippen molar-refractivity contribution >= 4 is 0 Å². The number of piperazine rings is 1. The number of fused-ring (bicyclic) bond motifs is 1. The fourth-order valence-electron chi connectivity index (χ4n) is 2.92. The number of rotatable bonds is 1. The van der Waals surface area contributed by atoms with Crippen molar-refractivity contribution in [1.82, 2.24) is 10.2 Å². The van der Waals surface area contributed by atoms with Gasteiger partial charge in [-0.25, -0.2) is 4.39 Å². The highest BCUT2D eigenvalue weighted by Crippen LogP contribution is 2.36. The van der Waals surface area contributed by atoms with Gasteiger partial charge in [0, 0.05) is 32.2 Å². The van der Waals surface area contributed by atoms with Crippen LogP contribution in [-0.2, 0) is 6.42 Å². The summed E-state index contributed by atoms with van der Waals surface area (Å²) in [5.74, 6) is -0.0965. The first kappa shape index (κ1) is 10.2. The van der Waals surface area contributed by atoms with Gasteiger partial charge in [-0.3, -0.25) is 4.90 Å². The third-order valence-electron chi connectivity index (χ3n) is 3.75. The van der Waals surface area contributed by atoms with E-state index in [2.05, 4.69) is 10.2 Å². The van der Waals surface area contributed by atoms with Crippen LogP contribution in [0.4, 0.5) is 4.39 Å². The minimum atomic E-state index is -0.0965. The number of aryl methyl sites for hydroxylation is 1. The number of hydrogen-bond donors (Lipinski definition) is 1. The second kappa shape index (κ2) is 4.15. The van der Waals surface area contributed by atoms with Gasteiger partial charge in [-0.2, -0.15) is 0 Å². The van der Waals surface area contributed by atoms with Crippen LogP contribution in [0, 0.1) is 5.82 Å². The quantitative estimate of drug-likeness (QED) is 0.775. The Morgan fingerprint density at radius 3 is 2.88 bits per heavy atom. The molecule has 0 spiro atoms. The minimum absolute atomic E-state index is 0.0965. The van der Waals surface area contributed by atoms with E-state index in [0.29, 0.717) is 6.04 Å². The van der Waals surface area contributed by atoms with Crippen molar-refractivity contribution in [3.63, 3.8) is 0 Å². The molecule has 1 aliphatic heterocycles. The molecule has 1 aromatic carbocycles. The van der Waals surface area contributed by atoms with Crippen molar-refractivity contribution in [2.24, 2.45) is 0 Å². The Hall–Kier alpha value is -0.930. The van der Waals surface area contributed by atoms with Gasteiger partial charge in [-0.15, -0.1) is 0 Å². The van der Waals surface area contributed by atoms with E-state index < -0.39 is 0 Å². The monoisotopic (exact) mass is 220 g/mol. The fraction of sp³-hybridized carbons (Fsp3) is 0.538. The van der Waals surface area contributed by atoms with Crippen LogP contribution >= 0.6 is 0 Å². The molecule has 2 nitrogen and oxygen atoms in total. The molecule has 3 rings (SSSR count). The first-order valence-corrected chi connectivity index (χ1v) is 6.08. The van der Waals surface area contributed by atoms with E-state index in [0.717, 1.165) is 39.0 Å². The Labute approximate surface area is 95.4 Å². The van der Waals surface area contributed by atoms with Crippen LogP contribution in [0.15, 0.2) is 18.2 Å². The van der Waals surface area contributed by atoms with Crippen molar-refractivity contribution < 1.29 is 4.39 Å². The summed E-state index contributed by atoms with van der Waals surface area (Å²) in [6.45, 7) is 4.28. The molecule has 1 N–H and O–H groups in total. The lowest BCUT2D eigenvalue weighted by Gasteiger charge is -2.33. The van der Waals surface area contributed by atoms with Crippen molar-refractivity contribution in [3.05, 3.63) is 35.1 Å². The molecule has 0 aromatic heterocycles. The van der Waals surface area contributed by atoms with Gasteiger partial charge in [0.25, 0.3) is 0 Å². The topological polar surface area (TPSA) is 15.3 Å². The number of halogens is 1. The standard InChI is InChI=1S/C13H17FN2/c14-11-3-1-10-2-4-13(12(10)9-11)16-7-5-15-6-8-16/h1,3,9,13,15H,2,4-8H2/t13-/m1/s1. The predicted octanol–water partition coefficient (Wildman–Crippen LogP) is 1.72. The molecule has 86 valence electrons. The van der Waals surface area contributed by atoms with Crippen molar-refractivity contribution in [1.29, 1.82) is 0 Å². The molecule has 0 amide bonds. The van der Waals surface area contributed by atoms with E-state index in [4.69, 9.17) is 0 Å². The molecular weight excluding hydrogens is 203 g/mol. The summed E-state index contributed by atoms with van der Waals surface area (Å²) in [5.41, 5.74) is 2.56. The van der Waals surface area contributed by atoms with Gasteiger partial charge in [0.2, 0.25) is 0 Å². The summed E-state index contributed by atoms with van der Waals surface area (Å²) in [6, 6.07) is 5.72. The van der Waals surface area contributed by atoms with E-state index in [1.54, 1.807) is 12.1 Å².